The molecule has 0 saturated heterocycles. The SMILES string of the molecule is CC(=NNC(=O)c1ccccc1O)c1ccc(NS(=O)(=O)c2ccc(C(C)(C)C)cc2)cc1. The first-order valence-electron chi connectivity index (χ1n) is 10.3. The molecule has 3 aromatic carbocycles. The van der Waals surface area contributed by atoms with E-state index in [0.717, 1.165) is 5.56 Å². The van der Waals surface area contributed by atoms with Crippen LogP contribution in [0.2, 0.25) is 0 Å². The maximum atomic E-state index is 12.7. The maximum Gasteiger partial charge on any atom is 0.275 e. The molecular weight excluding hydrogens is 438 g/mol. The highest BCUT2D eigenvalue weighted by Crippen LogP contribution is 2.24. The van der Waals surface area contributed by atoms with Gasteiger partial charge in [0, 0.05) is 5.69 Å². The summed E-state index contributed by atoms with van der Waals surface area (Å²) in [6.45, 7) is 7.91. The highest BCUT2D eigenvalue weighted by atomic mass is 32.2. The van der Waals surface area contributed by atoms with E-state index in [1.807, 2.05) is 12.1 Å². The van der Waals surface area contributed by atoms with Gasteiger partial charge in [-0.1, -0.05) is 57.2 Å². The molecular formula is C25H27N3O4S. The van der Waals surface area contributed by atoms with E-state index in [0.29, 0.717) is 17.0 Å². The molecule has 0 aromatic heterocycles. The topological polar surface area (TPSA) is 108 Å². The van der Waals surface area contributed by atoms with E-state index < -0.39 is 15.9 Å². The van der Waals surface area contributed by atoms with Crippen LogP contribution < -0.4 is 10.1 Å². The summed E-state index contributed by atoms with van der Waals surface area (Å²) in [6.07, 6.45) is 0. The standard InChI is InChI=1S/C25H27N3O4S/c1-17(26-27-24(30)22-7-5-6-8-23(22)29)18-9-13-20(14-10-18)28-33(31,32)21-15-11-19(12-16-21)25(2,3)4/h5-16,28-29H,1-4H3,(H,27,30). The molecule has 0 aliphatic heterocycles. The predicted molar refractivity (Wildman–Crippen MR) is 130 cm³/mol. The smallest absolute Gasteiger partial charge is 0.275 e. The van der Waals surface area contributed by atoms with Crippen LogP contribution in [0.1, 0.15) is 49.2 Å². The van der Waals surface area contributed by atoms with E-state index in [1.165, 1.54) is 12.1 Å². The number of carbonyl (C=O) groups excluding carboxylic acids is 1. The lowest BCUT2D eigenvalue weighted by Gasteiger charge is -2.19. The number of hydrogen-bond acceptors (Lipinski definition) is 5. The van der Waals surface area contributed by atoms with E-state index in [9.17, 15) is 18.3 Å². The summed E-state index contributed by atoms with van der Waals surface area (Å²) >= 11 is 0. The van der Waals surface area contributed by atoms with Crippen LogP contribution in [0.25, 0.3) is 0 Å². The van der Waals surface area contributed by atoms with Crippen molar-refractivity contribution < 1.29 is 18.3 Å². The van der Waals surface area contributed by atoms with E-state index in [2.05, 4.69) is 36.0 Å². The first-order chi connectivity index (χ1) is 15.5. The molecule has 0 heterocycles. The summed E-state index contributed by atoms with van der Waals surface area (Å²) < 4.78 is 28.0. The number of nitrogens with zero attached hydrogens (tertiary/aromatic N) is 1. The van der Waals surface area contributed by atoms with Gasteiger partial charge >= 0.3 is 0 Å². The van der Waals surface area contributed by atoms with Crippen molar-refractivity contribution >= 4 is 27.3 Å². The van der Waals surface area contributed by atoms with Gasteiger partial charge in [-0.15, -0.1) is 0 Å². The molecule has 3 aromatic rings. The number of amides is 1. The first kappa shape index (κ1) is 24.0. The van der Waals surface area contributed by atoms with Crippen LogP contribution in [-0.4, -0.2) is 25.1 Å². The second-order valence-corrected chi connectivity index (χ2v) is 10.3. The lowest BCUT2D eigenvalue weighted by molar-refractivity contribution is 0.0952. The molecule has 172 valence electrons. The van der Waals surface area contributed by atoms with Crippen molar-refractivity contribution in [1.29, 1.82) is 0 Å². The largest absolute Gasteiger partial charge is 0.507 e. The first-order valence-corrected chi connectivity index (χ1v) is 11.8. The lowest BCUT2D eigenvalue weighted by atomic mass is 9.87. The molecule has 0 aliphatic rings. The van der Waals surface area contributed by atoms with Gasteiger partial charge in [-0.05, 0) is 59.9 Å². The molecule has 0 spiro atoms. The summed E-state index contributed by atoms with van der Waals surface area (Å²) in [7, 11) is -3.73. The number of nitrogens with one attached hydrogen (secondary N) is 2. The van der Waals surface area contributed by atoms with Gasteiger partial charge in [-0.3, -0.25) is 9.52 Å². The summed E-state index contributed by atoms with van der Waals surface area (Å²) in [5.41, 5.74) is 5.14. The number of hydrogen-bond donors (Lipinski definition) is 3. The minimum Gasteiger partial charge on any atom is -0.507 e. The van der Waals surface area contributed by atoms with Crippen molar-refractivity contribution in [3.63, 3.8) is 0 Å². The summed E-state index contributed by atoms with van der Waals surface area (Å²) in [6, 6.07) is 19.7. The molecule has 8 heteroatoms. The van der Waals surface area contributed by atoms with Crippen LogP contribution in [0, 0.1) is 0 Å². The van der Waals surface area contributed by atoms with Crippen LogP contribution >= 0.6 is 0 Å². The number of aromatic hydroxyl groups is 1. The Balaban J connectivity index is 1.68. The molecule has 7 nitrogen and oxygen atoms in total. The van der Waals surface area contributed by atoms with Gasteiger partial charge in [0.05, 0.1) is 16.2 Å². The second-order valence-electron chi connectivity index (χ2n) is 8.61. The van der Waals surface area contributed by atoms with Crippen molar-refractivity contribution in [3.8, 4) is 5.75 Å². The Morgan fingerprint density at radius 3 is 2.09 bits per heavy atom. The fourth-order valence-corrected chi connectivity index (χ4v) is 4.11. The lowest BCUT2D eigenvalue weighted by Crippen LogP contribution is -2.19. The number of phenolic OH excluding ortho intramolecular Hbond substituents is 1. The highest BCUT2D eigenvalue weighted by Gasteiger charge is 2.18. The normalized spacial score (nSPS) is 12.3. The zero-order valence-corrected chi connectivity index (χ0v) is 19.8. The Hall–Kier alpha value is -3.65. The summed E-state index contributed by atoms with van der Waals surface area (Å²) in [4.78, 5) is 12.4. The van der Waals surface area contributed by atoms with Gasteiger partial charge in [0.15, 0.2) is 0 Å². The Bertz CT molecular complexity index is 1270. The molecule has 3 N–H and O–H groups in total. The zero-order valence-electron chi connectivity index (χ0n) is 19.0. The van der Waals surface area contributed by atoms with Crippen molar-refractivity contribution in [2.45, 2.75) is 38.0 Å². The number of para-hydroxylation sites is 1. The van der Waals surface area contributed by atoms with Gasteiger partial charge < -0.3 is 5.11 Å². The summed E-state index contributed by atoms with van der Waals surface area (Å²) in [5.74, 6) is -0.665. The van der Waals surface area contributed by atoms with E-state index in [-0.39, 0.29) is 21.6 Å². The van der Waals surface area contributed by atoms with Crippen LogP contribution in [0.5, 0.6) is 5.75 Å². The quantitative estimate of drug-likeness (QED) is 0.364. The molecule has 0 atom stereocenters. The number of carbonyl (C=O) groups is 1. The van der Waals surface area contributed by atoms with Crippen LogP contribution in [0.3, 0.4) is 0 Å². The van der Waals surface area contributed by atoms with Crippen molar-refractivity contribution in [2.75, 3.05) is 4.72 Å². The van der Waals surface area contributed by atoms with E-state index >= 15 is 0 Å². The van der Waals surface area contributed by atoms with E-state index in [1.54, 1.807) is 55.5 Å². The third-order valence-electron chi connectivity index (χ3n) is 5.06. The molecule has 33 heavy (non-hydrogen) atoms. The van der Waals surface area contributed by atoms with Crippen LogP contribution in [0.4, 0.5) is 5.69 Å². The number of anilines is 1. The number of sulfonamides is 1. The molecule has 0 fully saturated rings. The predicted octanol–water partition coefficient (Wildman–Crippen LogP) is 4.64. The minimum atomic E-state index is -3.73. The second kappa shape index (κ2) is 9.46. The molecule has 0 radical (unpaired) electrons. The Morgan fingerprint density at radius 2 is 1.52 bits per heavy atom. The van der Waals surface area contributed by atoms with Crippen molar-refractivity contribution in [3.05, 3.63) is 89.5 Å². The third-order valence-corrected chi connectivity index (χ3v) is 6.46. The van der Waals surface area contributed by atoms with Gasteiger partial charge in [0.25, 0.3) is 15.9 Å². The molecule has 1 amide bonds. The Morgan fingerprint density at radius 1 is 0.909 bits per heavy atom. The van der Waals surface area contributed by atoms with Crippen LogP contribution in [-0.2, 0) is 15.4 Å². The van der Waals surface area contributed by atoms with Gasteiger partial charge in [0.2, 0.25) is 0 Å². The highest BCUT2D eigenvalue weighted by molar-refractivity contribution is 7.92. The minimum absolute atomic E-state index is 0.0636. The summed E-state index contributed by atoms with van der Waals surface area (Å²) in [5, 5.41) is 13.8. The zero-order chi connectivity index (χ0) is 24.2. The fourth-order valence-electron chi connectivity index (χ4n) is 3.05. The molecule has 0 aliphatic carbocycles. The maximum absolute atomic E-state index is 12.7. The van der Waals surface area contributed by atoms with Crippen molar-refractivity contribution in [1.82, 2.24) is 5.43 Å². The van der Waals surface area contributed by atoms with Crippen LogP contribution in [0.15, 0.2) is 82.8 Å². The molecule has 0 unspecified atom stereocenters. The number of hydrazone groups is 1. The Kier molecular flexibility index (Phi) is 6.88. The molecule has 0 saturated carbocycles. The molecule has 3 rings (SSSR count). The third kappa shape index (κ3) is 5.98. The fraction of sp³-hybridized carbons (Fsp3) is 0.200. The van der Waals surface area contributed by atoms with Gasteiger partial charge in [0.1, 0.15) is 5.75 Å². The number of rotatable bonds is 6. The average molecular weight is 466 g/mol. The Labute approximate surface area is 194 Å². The average Bonchev–Trinajstić information content (AvgIpc) is 2.77. The monoisotopic (exact) mass is 465 g/mol. The van der Waals surface area contributed by atoms with Crippen molar-refractivity contribution in [2.24, 2.45) is 5.10 Å². The van der Waals surface area contributed by atoms with Gasteiger partial charge in [-0.2, -0.15) is 5.10 Å². The molecule has 0 bridgehead atoms. The van der Waals surface area contributed by atoms with E-state index in [4.69, 9.17) is 0 Å². The number of benzene rings is 3. The van der Waals surface area contributed by atoms with Gasteiger partial charge in [-0.25, -0.2) is 13.8 Å². The number of phenols is 1.